The largest absolute Gasteiger partial charge is 0.341 e. The molecule has 6 nitrogen and oxygen atoms in total. The van der Waals surface area contributed by atoms with Gasteiger partial charge in [-0.2, -0.15) is 10.4 Å². The monoisotopic (exact) mass is 545 g/mol. The van der Waals surface area contributed by atoms with Crippen LogP contribution >= 0.6 is 0 Å². The summed E-state index contributed by atoms with van der Waals surface area (Å²) in [5, 5.41) is 21.1. The van der Waals surface area contributed by atoms with Crippen molar-refractivity contribution >= 4 is 16.8 Å². The number of nitrogens with zero attached hydrogens (tertiary/aromatic N) is 3. The molecule has 41 heavy (non-hydrogen) atoms. The molecule has 0 bridgehead atoms. The zero-order valence-corrected chi connectivity index (χ0v) is 22.3. The molecule has 2 aliphatic heterocycles. The Hall–Kier alpha value is -4.87. The van der Waals surface area contributed by atoms with E-state index in [9.17, 15) is 10.1 Å². The van der Waals surface area contributed by atoms with Crippen LogP contribution in [0.2, 0.25) is 0 Å². The molecule has 0 saturated carbocycles. The fourth-order valence-corrected chi connectivity index (χ4v) is 5.98. The molecule has 0 atom stereocenters. The van der Waals surface area contributed by atoms with E-state index in [1.165, 1.54) is 6.07 Å². The molecule has 0 aliphatic carbocycles. The highest BCUT2D eigenvalue weighted by molar-refractivity contribution is 5.99. The minimum Gasteiger partial charge on any atom is -0.341 e. The number of amides is 1. The molecule has 1 amide bonds. The maximum atomic E-state index is 15.7. The van der Waals surface area contributed by atoms with E-state index in [0.717, 1.165) is 40.8 Å². The summed E-state index contributed by atoms with van der Waals surface area (Å²) >= 11 is 0. The summed E-state index contributed by atoms with van der Waals surface area (Å²) in [5.41, 5.74) is 6.98. The van der Waals surface area contributed by atoms with Crippen LogP contribution in [0.15, 0.2) is 60.7 Å². The number of hydrogen-bond donors (Lipinski definition) is 2. The van der Waals surface area contributed by atoms with E-state index in [2.05, 4.69) is 21.6 Å². The standard InChI is InChI=1S/C33H25F2N5O/c1-40-11-9-19-4-7-21(12-25(19)33(40)41)18-2-5-20(6-3-18)32-26-15-24(23(16-36)14-29(26)38-39-32)30-28(34)13-22-8-10-37-17-27(22)31(30)35/h2-7,12-15,37H,8-11,17H2,1H3,(H,38,39). The van der Waals surface area contributed by atoms with Crippen molar-refractivity contribution in [3.8, 4) is 39.6 Å². The molecule has 202 valence electrons. The van der Waals surface area contributed by atoms with Gasteiger partial charge in [0.15, 0.2) is 0 Å². The predicted octanol–water partition coefficient (Wildman–Crippen LogP) is 5.99. The molecule has 0 saturated heterocycles. The van der Waals surface area contributed by atoms with Crippen molar-refractivity contribution in [3.05, 3.63) is 100 Å². The van der Waals surface area contributed by atoms with Crippen LogP contribution < -0.4 is 5.32 Å². The molecule has 2 aliphatic rings. The number of fused-ring (bicyclic) bond motifs is 3. The Balaban J connectivity index is 1.29. The first-order valence-electron chi connectivity index (χ1n) is 13.5. The van der Waals surface area contributed by atoms with E-state index in [0.29, 0.717) is 47.2 Å². The lowest BCUT2D eigenvalue weighted by Crippen LogP contribution is -2.34. The first kappa shape index (κ1) is 25.1. The third-order valence-corrected chi connectivity index (χ3v) is 8.27. The number of carbonyl (C=O) groups excluding carboxylic acids is 1. The van der Waals surface area contributed by atoms with Gasteiger partial charge < -0.3 is 10.2 Å². The number of nitriles is 1. The second-order valence-corrected chi connectivity index (χ2v) is 10.7. The maximum absolute atomic E-state index is 15.7. The number of halogens is 2. The van der Waals surface area contributed by atoms with Gasteiger partial charge in [0.25, 0.3) is 5.91 Å². The number of rotatable bonds is 3. The fraction of sp³-hybridized carbons (Fsp3) is 0.182. The van der Waals surface area contributed by atoms with Crippen LogP contribution in [0.5, 0.6) is 0 Å². The van der Waals surface area contributed by atoms with E-state index < -0.39 is 11.6 Å². The summed E-state index contributed by atoms with van der Waals surface area (Å²) in [7, 11) is 1.82. The quantitative estimate of drug-likeness (QED) is 0.292. The van der Waals surface area contributed by atoms with Crippen molar-refractivity contribution in [3.63, 3.8) is 0 Å². The summed E-state index contributed by atoms with van der Waals surface area (Å²) in [6.45, 7) is 1.70. The third kappa shape index (κ3) is 4.09. The van der Waals surface area contributed by atoms with Gasteiger partial charge >= 0.3 is 0 Å². The maximum Gasteiger partial charge on any atom is 0.253 e. The first-order chi connectivity index (χ1) is 19.9. The van der Waals surface area contributed by atoms with Crippen molar-refractivity contribution in [2.75, 3.05) is 20.1 Å². The highest BCUT2D eigenvalue weighted by atomic mass is 19.1. The average molecular weight is 546 g/mol. The van der Waals surface area contributed by atoms with Gasteiger partial charge in [-0.1, -0.05) is 36.4 Å². The third-order valence-electron chi connectivity index (χ3n) is 8.27. The summed E-state index contributed by atoms with van der Waals surface area (Å²) < 4.78 is 31.0. The minimum atomic E-state index is -0.678. The second kappa shape index (κ2) is 9.65. The molecule has 1 aromatic heterocycles. The van der Waals surface area contributed by atoms with Crippen LogP contribution in [0, 0.1) is 23.0 Å². The zero-order chi connectivity index (χ0) is 28.2. The Morgan fingerprint density at radius 3 is 2.51 bits per heavy atom. The van der Waals surface area contributed by atoms with Gasteiger partial charge in [0, 0.05) is 47.8 Å². The average Bonchev–Trinajstić information content (AvgIpc) is 3.41. The normalized spacial score (nSPS) is 14.6. The highest BCUT2D eigenvalue weighted by Crippen LogP contribution is 2.38. The number of aromatic nitrogens is 2. The molecular weight excluding hydrogens is 520 g/mol. The number of H-pyrrole nitrogens is 1. The second-order valence-electron chi connectivity index (χ2n) is 10.7. The summed E-state index contributed by atoms with van der Waals surface area (Å²) in [6, 6.07) is 20.5. The Bertz CT molecular complexity index is 1920. The van der Waals surface area contributed by atoms with Gasteiger partial charge in [0.05, 0.1) is 28.4 Å². The van der Waals surface area contributed by atoms with Crippen LogP contribution in [-0.4, -0.2) is 41.1 Å². The van der Waals surface area contributed by atoms with Gasteiger partial charge in [-0.15, -0.1) is 0 Å². The minimum absolute atomic E-state index is 0.0309. The number of nitrogens with one attached hydrogen (secondary N) is 2. The number of carbonyl (C=O) groups is 1. The lowest BCUT2D eigenvalue weighted by atomic mass is 9.90. The topological polar surface area (TPSA) is 84.8 Å². The molecule has 2 N–H and O–H groups in total. The van der Waals surface area contributed by atoms with Crippen molar-refractivity contribution in [1.29, 1.82) is 5.26 Å². The molecule has 0 spiro atoms. The zero-order valence-electron chi connectivity index (χ0n) is 22.3. The van der Waals surface area contributed by atoms with Gasteiger partial charge in [0.1, 0.15) is 11.6 Å². The van der Waals surface area contributed by atoms with Gasteiger partial charge in [-0.25, -0.2) is 8.78 Å². The van der Waals surface area contributed by atoms with E-state index in [1.54, 1.807) is 17.0 Å². The molecule has 8 heteroatoms. The molecule has 5 aromatic rings. The molecule has 0 radical (unpaired) electrons. The molecule has 4 aromatic carbocycles. The predicted molar refractivity (Wildman–Crippen MR) is 153 cm³/mol. The van der Waals surface area contributed by atoms with Crippen LogP contribution in [0.1, 0.15) is 32.6 Å². The van der Waals surface area contributed by atoms with Crippen LogP contribution in [0.4, 0.5) is 8.78 Å². The van der Waals surface area contributed by atoms with Gasteiger partial charge in [-0.05, 0) is 65.9 Å². The smallest absolute Gasteiger partial charge is 0.253 e. The number of likely N-dealkylation sites (N-methyl/N-ethyl adjacent to an activating group) is 1. The highest BCUT2D eigenvalue weighted by Gasteiger charge is 2.25. The summed E-state index contributed by atoms with van der Waals surface area (Å²) in [4.78, 5) is 14.4. The molecule has 0 fully saturated rings. The number of hydrogen-bond acceptors (Lipinski definition) is 4. The van der Waals surface area contributed by atoms with Gasteiger partial charge in [0.2, 0.25) is 0 Å². The van der Waals surface area contributed by atoms with Crippen molar-refractivity contribution in [2.24, 2.45) is 0 Å². The number of benzene rings is 4. The first-order valence-corrected chi connectivity index (χ1v) is 13.5. The fourth-order valence-electron chi connectivity index (χ4n) is 5.98. The van der Waals surface area contributed by atoms with Crippen LogP contribution in [-0.2, 0) is 19.4 Å². The van der Waals surface area contributed by atoms with E-state index in [1.807, 2.05) is 49.5 Å². The lowest BCUT2D eigenvalue weighted by molar-refractivity contribution is 0.0781. The molecular formula is C33H25F2N5O. The van der Waals surface area contributed by atoms with Crippen molar-refractivity contribution in [1.82, 2.24) is 20.4 Å². The van der Waals surface area contributed by atoms with Crippen molar-refractivity contribution in [2.45, 2.75) is 19.4 Å². The van der Waals surface area contributed by atoms with Crippen molar-refractivity contribution < 1.29 is 13.6 Å². The van der Waals surface area contributed by atoms with Gasteiger partial charge in [-0.3, -0.25) is 9.89 Å². The number of aromatic amines is 1. The Kier molecular flexibility index (Phi) is 5.91. The Morgan fingerprint density at radius 2 is 1.71 bits per heavy atom. The molecule has 3 heterocycles. The summed E-state index contributed by atoms with van der Waals surface area (Å²) in [5.74, 6) is -1.28. The van der Waals surface area contributed by atoms with Crippen LogP contribution in [0.25, 0.3) is 44.4 Å². The molecule has 7 rings (SSSR count). The van der Waals surface area contributed by atoms with E-state index in [4.69, 9.17) is 0 Å². The van der Waals surface area contributed by atoms with E-state index >= 15 is 8.78 Å². The Labute approximate surface area is 235 Å². The van der Waals surface area contributed by atoms with Crippen LogP contribution in [0.3, 0.4) is 0 Å². The summed E-state index contributed by atoms with van der Waals surface area (Å²) in [6.07, 6.45) is 1.39. The lowest BCUT2D eigenvalue weighted by Gasteiger charge is -2.25. The Morgan fingerprint density at radius 1 is 0.927 bits per heavy atom. The van der Waals surface area contributed by atoms with E-state index in [-0.39, 0.29) is 22.6 Å². The molecule has 0 unspecified atom stereocenters. The SMILES string of the molecule is CN1CCc2ccc(-c3ccc(-c4n[nH]c5cc(C#N)c(-c6c(F)cc7c(c6F)CNCC7)cc45)cc3)cc2C1=O.